The van der Waals surface area contributed by atoms with Crippen molar-refractivity contribution < 1.29 is 4.74 Å². The molecular weight excluding hydrogens is 294 g/mol. The van der Waals surface area contributed by atoms with E-state index < -0.39 is 0 Å². The minimum atomic E-state index is 0.688. The second kappa shape index (κ2) is 6.17. The Bertz CT molecular complexity index is 405. The van der Waals surface area contributed by atoms with Crippen LogP contribution in [0.3, 0.4) is 0 Å². The molecule has 0 saturated carbocycles. The number of hydrogen-bond acceptors (Lipinski definition) is 3. The average molecular weight is 316 g/mol. The Balaban J connectivity index is 2.02. The molecule has 4 nitrogen and oxygen atoms in total. The van der Waals surface area contributed by atoms with Gasteiger partial charge in [0.2, 0.25) is 0 Å². The first-order valence-electron chi connectivity index (χ1n) is 6.58. The Kier molecular flexibility index (Phi) is 4.81. The lowest BCUT2D eigenvalue weighted by atomic mass is 10.1. The van der Waals surface area contributed by atoms with Crippen molar-refractivity contribution in [3.8, 4) is 0 Å². The zero-order valence-corrected chi connectivity index (χ0v) is 13.0. The van der Waals surface area contributed by atoms with Gasteiger partial charge in [-0.25, -0.2) is 0 Å². The SMILES string of the molecule is CCn1nc(C)c(Br)c1CN1CCC(COC)C1. The summed E-state index contributed by atoms with van der Waals surface area (Å²) in [7, 11) is 1.79. The van der Waals surface area contributed by atoms with Crippen molar-refractivity contribution in [2.75, 3.05) is 26.8 Å². The lowest BCUT2D eigenvalue weighted by molar-refractivity contribution is 0.152. The van der Waals surface area contributed by atoms with E-state index in [1.165, 1.54) is 16.6 Å². The number of hydrogen-bond donors (Lipinski definition) is 0. The van der Waals surface area contributed by atoms with Crippen LogP contribution in [0.4, 0.5) is 0 Å². The van der Waals surface area contributed by atoms with Crippen molar-refractivity contribution in [2.45, 2.75) is 33.4 Å². The highest BCUT2D eigenvalue weighted by Gasteiger charge is 2.24. The average Bonchev–Trinajstić information content (AvgIpc) is 2.90. The zero-order chi connectivity index (χ0) is 13.1. The Morgan fingerprint density at radius 1 is 1.50 bits per heavy atom. The van der Waals surface area contributed by atoms with E-state index in [-0.39, 0.29) is 0 Å². The van der Waals surface area contributed by atoms with E-state index in [1.54, 1.807) is 7.11 Å². The van der Waals surface area contributed by atoms with Crippen molar-refractivity contribution in [1.29, 1.82) is 0 Å². The number of aromatic nitrogens is 2. The molecule has 0 N–H and O–H groups in total. The van der Waals surface area contributed by atoms with Crippen LogP contribution < -0.4 is 0 Å². The molecule has 1 fully saturated rings. The van der Waals surface area contributed by atoms with E-state index in [2.05, 4.69) is 44.5 Å². The van der Waals surface area contributed by atoms with Crippen LogP contribution in [-0.4, -0.2) is 41.5 Å². The van der Waals surface area contributed by atoms with E-state index in [4.69, 9.17) is 4.74 Å². The van der Waals surface area contributed by atoms with Gasteiger partial charge in [-0.15, -0.1) is 0 Å². The molecule has 0 spiro atoms. The van der Waals surface area contributed by atoms with E-state index >= 15 is 0 Å². The summed E-state index contributed by atoms with van der Waals surface area (Å²) >= 11 is 3.66. The molecule has 2 heterocycles. The van der Waals surface area contributed by atoms with Crippen LogP contribution in [0.15, 0.2) is 4.47 Å². The van der Waals surface area contributed by atoms with Gasteiger partial charge in [0.1, 0.15) is 0 Å². The maximum Gasteiger partial charge on any atom is 0.0739 e. The summed E-state index contributed by atoms with van der Waals surface area (Å²) in [6.07, 6.45) is 1.24. The van der Waals surface area contributed by atoms with Gasteiger partial charge < -0.3 is 4.74 Å². The fourth-order valence-electron chi connectivity index (χ4n) is 2.66. The molecular formula is C13H22BrN3O. The number of ether oxygens (including phenoxy) is 1. The molecule has 1 aromatic heterocycles. The highest BCUT2D eigenvalue weighted by atomic mass is 79.9. The van der Waals surface area contributed by atoms with E-state index in [0.717, 1.165) is 38.5 Å². The maximum absolute atomic E-state index is 5.24. The van der Waals surface area contributed by atoms with E-state index in [0.29, 0.717) is 5.92 Å². The summed E-state index contributed by atoms with van der Waals surface area (Å²) in [5.74, 6) is 0.688. The van der Waals surface area contributed by atoms with Gasteiger partial charge >= 0.3 is 0 Å². The van der Waals surface area contributed by atoms with Gasteiger partial charge in [0.25, 0.3) is 0 Å². The molecule has 0 bridgehead atoms. The topological polar surface area (TPSA) is 30.3 Å². The van der Waals surface area contributed by atoms with E-state index in [9.17, 15) is 0 Å². The first-order chi connectivity index (χ1) is 8.65. The smallest absolute Gasteiger partial charge is 0.0739 e. The molecule has 2 rings (SSSR count). The molecule has 0 aromatic carbocycles. The van der Waals surface area contributed by atoms with Crippen molar-refractivity contribution in [3.05, 3.63) is 15.9 Å². The van der Waals surface area contributed by atoms with Crippen molar-refractivity contribution >= 4 is 15.9 Å². The van der Waals surface area contributed by atoms with Crippen LogP contribution in [-0.2, 0) is 17.8 Å². The van der Waals surface area contributed by atoms with E-state index in [1.807, 2.05) is 0 Å². The lowest BCUT2D eigenvalue weighted by Gasteiger charge is -2.17. The van der Waals surface area contributed by atoms with Crippen molar-refractivity contribution in [2.24, 2.45) is 5.92 Å². The summed E-state index contributed by atoms with van der Waals surface area (Å²) < 4.78 is 8.51. The Morgan fingerprint density at radius 2 is 2.28 bits per heavy atom. The second-order valence-electron chi connectivity index (χ2n) is 5.01. The van der Waals surface area contributed by atoms with Gasteiger partial charge in [-0.05, 0) is 48.7 Å². The highest BCUT2D eigenvalue weighted by Crippen LogP contribution is 2.25. The minimum Gasteiger partial charge on any atom is -0.384 e. The van der Waals surface area contributed by atoms with Crippen LogP contribution in [0.1, 0.15) is 24.7 Å². The van der Waals surface area contributed by atoms with Crippen LogP contribution in [0.25, 0.3) is 0 Å². The summed E-state index contributed by atoms with van der Waals surface area (Å²) in [6, 6.07) is 0. The molecule has 1 aliphatic heterocycles. The van der Waals surface area contributed by atoms with Gasteiger partial charge in [-0.1, -0.05) is 0 Å². The third-order valence-electron chi connectivity index (χ3n) is 3.60. The third-order valence-corrected chi connectivity index (χ3v) is 4.63. The summed E-state index contributed by atoms with van der Waals surface area (Å²) in [6.45, 7) is 9.27. The van der Waals surface area contributed by atoms with Crippen molar-refractivity contribution in [3.63, 3.8) is 0 Å². The minimum absolute atomic E-state index is 0.688. The fraction of sp³-hybridized carbons (Fsp3) is 0.769. The predicted molar refractivity (Wildman–Crippen MR) is 75.6 cm³/mol. The molecule has 1 atom stereocenters. The summed E-state index contributed by atoms with van der Waals surface area (Å²) in [5.41, 5.74) is 2.38. The van der Waals surface area contributed by atoms with Crippen LogP contribution in [0, 0.1) is 12.8 Å². The van der Waals surface area contributed by atoms with Crippen LogP contribution in [0.5, 0.6) is 0 Å². The van der Waals surface area contributed by atoms with Crippen LogP contribution in [0.2, 0.25) is 0 Å². The molecule has 18 heavy (non-hydrogen) atoms. The van der Waals surface area contributed by atoms with Crippen LogP contribution >= 0.6 is 15.9 Å². The Morgan fingerprint density at radius 3 is 2.94 bits per heavy atom. The number of nitrogens with zero attached hydrogens (tertiary/aromatic N) is 3. The summed E-state index contributed by atoms with van der Waals surface area (Å²) in [5, 5.41) is 4.54. The summed E-state index contributed by atoms with van der Waals surface area (Å²) in [4.78, 5) is 2.50. The normalized spacial score (nSPS) is 20.8. The highest BCUT2D eigenvalue weighted by molar-refractivity contribution is 9.10. The molecule has 0 amide bonds. The molecule has 102 valence electrons. The second-order valence-corrected chi connectivity index (χ2v) is 5.80. The van der Waals surface area contributed by atoms with Gasteiger partial charge in [-0.2, -0.15) is 5.10 Å². The predicted octanol–water partition coefficient (Wildman–Crippen LogP) is 2.44. The standard InChI is InChI=1S/C13H22BrN3O/c1-4-17-12(13(14)10(2)15-17)8-16-6-5-11(7-16)9-18-3/h11H,4-9H2,1-3H3. The monoisotopic (exact) mass is 315 g/mol. The molecule has 1 aromatic rings. The Labute approximate surface area is 117 Å². The molecule has 1 unspecified atom stereocenters. The number of methoxy groups -OCH3 is 1. The van der Waals surface area contributed by atoms with Gasteiger partial charge in [0.05, 0.1) is 22.5 Å². The number of rotatable bonds is 5. The first kappa shape index (κ1) is 14.0. The lowest BCUT2D eigenvalue weighted by Crippen LogP contribution is -2.23. The quantitative estimate of drug-likeness (QED) is 0.836. The van der Waals surface area contributed by atoms with Gasteiger partial charge in [0, 0.05) is 26.7 Å². The number of likely N-dealkylation sites (tertiary alicyclic amines) is 1. The molecule has 5 heteroatoms. The number of aryl methyl sites for hydroxylation is 2. The number of halogens is 1. The maximum atomic E-state index is 5.24. The van der Waals surface area contributed by atoms with Crippen molar-refractivity contribution in [1.82, 2.24) is 14.7 Å². The zero-order valence-electron chi connectivity index (χ0n) is 11.4. The Hall–Kier alpha value is -0.390. The third kappa shape index (κ3) is 2.95. The molecule has 0 aliphatic carbocycles. The molecule has 1 aliphatic rings. The van der Waals surface area contributed by atoms with Gasteiger partial charge in [0.15, 0.2) is 0 Å². The fourth-order valence-corrected chi connectivity index (χ4v) is 3.07. The largest absolute Gasteiger partial charge is 0.384 e. The first-order valence-corrected chi connectivity index (χ1v) is 7.38. The molecule has 0 radical (unpaired) electrons. The molecule has 1 saturated heterocycles. The van der Waals surface area contributed by atoms with Gasteiger partial charge in [-0.3, -0.25) is 9.58 Å².